The van der Waals surface area contributed by atoms with Crippen LogP contribution in [0.2, 0.25) is 0 Å². The van der Waals surface area contributed by atoms with Crippen molar-refractivity contribution < 1.29 is 13.3 Å². The normalized spacial score (nSPS) is 11.3. The summed E-state index contributed by atoms with van der Waals surface area (Å²) >= 11 is 2.99. The number of primary sulfonamides is 1. The number of nitro groups is 1. The molecule has 82 valence electrons. The van der Waals surface area contributed by atoms with Gasteiger partial charge in [-0.2, -0.15) is 0 Å². The van der Waals surface area contributed by atoms with E-state index in [1.165, 1.54) is 18.2 Å². The van der Waals surface area contributed by atoms with Crippen molar-refractivity contribution in [2.24, 2.45) is 5.14 Å². The van der Waals surface area contributed by atoms with E-state index in [4.69, 9.17) is 5.14 Å². The minimum absolute atomic E-state index is 0.184. The van der Waals surface area contributed by atoms with Crippen molar-refractivity contribution in [1.82, 2.24) is 0 Å². The zero-order chi connectivity index (χ0) is 11.6. The fourth-order valence-corrected chi connectivity index (χ4v) is 2.06. The number of benzene rings is 1. The van der Waals surface area contributed by atoms with Crippen molar-refractivity contribution >= 4 is 31.6 Å². The molecule has 0 heterocycles. The Morgan fingerprint density at radius 2 is 2.07 bits per heavy atom. The van der Waals surface area contributed by atoms with Gasteiger partial charge in [-0.3, -0.25) is 10.1 Å². The van der Waals surface area contributed by atoms with Crippen LogP contribution in [0.1, 0.15) is 5.56 Å². The van der Waals surface area contributed by atoms with E-state index in [1.807, 2.05) is 0 Å². The van der Waals surface area contributed by atoms with E-state index in [9.17, 15) is 18.5 Å². The van der Waals surface area contributed by atoms with Gasteiger partial charge in [-0.25, -0.2) is 13.6 Å². The lowest BCUT2D eigenvalue weighted by Gasteiger charge is -2.00. The molecule has 0 fully saturated rings. The van der Waals surface area contributed by atoms with Crippen LogP contribution in [0.5, 0.6) is 0 Å². The van der Waals surface area contributed by atoms with Crippen LogP contribution in [0, 0.1) is 10.1 Å². The summed E-state index contributed by atoms with van der Waals surface area (Å²) in [5, 5.41) is 15.4. The number of rotatable bonds is 3. The molecule has 8 heteroatoms. The Labute approximate surface area is 94.4 Å². The fourth-order valence-electron chi connectivity index (χ4n) is 1.02. The van der Waals surface area contributed by atoms with E-state index < -0.39 is 20.7 Å². The Balaban J connectivity index is 3.14. The van der Waals surface area contributed by atoms with Crippen molar-refractivity contribution in [2.75, 3.05) is 0 Å². The zero-order valence-corrected chi connectivity index (χ0v) is 9.79. The number of sulfonamides is 1. The number of nitro benzene ring substituents is 1. The van der Waals surface area contributed by atoms with E-state index in [0.29, 0.717) is 4.47 Å². The summed E-state index contributed by atoms with van der Waals surface area (Å²) in [6.07, 6.45) is 0. The van der Waals surface area contributed by atoms with Crippen LogP contribution in [-0.2, 0) is 15.8 Å². The topological polar surface area (TPSA) is 103 Å². The maximum Gasteiger partial charge on any atom is 0.283 e. The van der Waals surface area contributed by atoms with Gasteiger partial charge in [0, 0.05) is 6.07 Å². The minimum atomic E-state index is -3.67. The maximum atomic E-state index is 10.8. The highest BCUT2D eigenvalue weighted by atomic mass is 79.9. The van der Waals surface area contributed by atoms with Crippen molar-refractivity contribution in [3.05, 3.63) is 38.3 Å². The van der Waals surface area contributed by atoms with Crippen LogP contribution in [0.4, 0.5) is 5.69 Å². The molecule has 0 aliphatic heterocycles. The van der Waals surface area contributed by atoms with Gasteiger partial charge in [0.25, 0.3) is 5.69 Å². The maximum absolute atomic E-state index is 10.8. The summed E-state index contributed by atoms with van der Waals surface area (Å²) in [6, 6.07) is 4.05. The van der Waals surface area contributed by atoms with Gasteiger partial charge in [-0.05, 0) is 27.6 Å². The van der Waals surface area contributed by atoms with Gasteiger partial charge in [0.1, 0.15) is 0 Å². The third-order valence-electron chi connectivity index (χ3n) is 1.58. The van der Waals surface area contributed by atoms with Gasteiger partial charge in [-0.15, -0.1) is 0 Å². The Bertz CT molecular complexity index is 500. The van der Waals surface area contributed by atoms with Crippen LogP contribution in [0.3, 0.4) is 0 Å². The molecule has 0 aliphatic carbocycles. The van der Waals surface area contributed by atoms with Gasteiger partial charge < -0.3 is 0 Å². The Hall–Kier alpha value is -0.990. The summed E-state index contributed by atoms with van der Waals surface area (Å²) in [5.41, 5.74) is 0.101. The van der Waals surface area contributed by atoms with Crippen molar-refractivity contribution in [3.63, 3.8) is 0 Å². The molecule has 0 spiro atoms. The summed E-state index contributed by atoms with van der Waals surface area (Å²) < 4.78 is 21.8. The standard InChI is InChI=1S/C7H7BrN2O4S/c8-6-2-1-5(4-15(9,13)14)3-7(6)10(11)12/h1-3H,4H2,(H2,9,13,14). The largest absolute Gasteiger partial charge is 0.283 e. The highest BCUT2D eigenvalue weighted by Crippen LogP contribution is 2.25. The molecular weight excluding hydrogens is 288 g/mol. The monoisotopic (exact) mass is 294 g/mol. The molecule has 1 aromatic rings. The summed E-state index contributed by atoms with van der Waals surface area (Å²) in [5.74, 6) is -0.416. The van der Waals surface area contributed by atoms with Crippen LogP contribution in [0.25, 0.3) is 0 Å². The SMILES string of the molecule is NS(=O)(=O)Cc1ccc(Br)c([N+](=O)[O-])c1. The molecule has 0 radical (unpaired) electrons. The average molecular weight is 295 g/mol. The highest BCUT2D eigenvalue weighted by molar-refractivity contribution is 9.10. The van der Waals surface area contributed by atoms with Crippen molar-refractivity contribution in [3.8, 4) is 0 Å². The third kappa shape index (κ3) is 3.57. The van der Waals surface area contributed by atoms with Crippen LogP contribution in [0.15, 0.2) is 22.7 Å². The minimum Gasteiger partial charge on any atom is -0.258 e. The number of nitrogens with two attached hydrogens (primary N) is 1. The lowest BCUT2D eigenvalue weighted by Crippen LogP contribution is -2.14. The predicted octanol–water partition coefficient (Wildman–Crippen LogP) is 1.15. The van der Waals surface area contributed by atoms with Gasteiger partial charge in [0.2, 0.25) is 10.0 Å². The molecule has 0 saturated carbocycles. The molecule has 0 aromatic heterocycles. The Morgan fingerprint density at radius 1 is 1.47 bits per heavy atom. The first-order valence-corrected chi connectivity index (χ1v) is 6.24. The zero-order valence-electron chi connectivity index (χ0n) is 7.38. The number of hydrogen-bond acceptors (Lipinski definition) is 4. The molecular formula is C7H7BrN2O4S. The lowest BCUT2D eigenvalue weighted by molar-refractivity contribution is -0.385. The molecule has 0 atom stereocenters. The second-order valence-electron chi connectivity index (χ2n) is 2.85. The van der Waals surface area contributed by atoms with Crippen molar-refractivity contribution in [1.29, 1.82) is 0 Å². The Morgan fingerprint density at radius 3 is 2.53 bits per heavy atom. The van der Waals surface area contributed by atoms with E-state index in [0.717, 1.165) is 0 Å². The first-order chi connectivity index (χ1) is 6.79. The molecule has 0 amide bonds. The quantitative estimate of drug-likeness (QED) is 0.667. The van der Waals surface area contributed by atoms with Gasteiger partial charge >= 0.3 is 0 Å². The van der Waals surface area contributed by atoms with Crippen LogP contribution >= 0.6 is 15.9 Å². The van der Waals surface area contributed by atoms with Gasteiger partial charge in [0.05, 0.1) is 15.1 Å². The molecule has 6 nitrogen and oxygen atoms in total. The lowest BCUT2D eigenvalue weighted by atomic mass is 10.2. The van der Waals surface area contributed by atoms with E-state index >= 15 is 0 Å². The molecule has 1 aromatic carbocycles. The molecule has 0 bridgehead atoms. The van der Waals surface area contributed by atoms with Crippen molar-refractivity contribution in [2.45, 2.75) is 5.75 Å². The van der Waals surface area contributed by atoms with Gasteiger partial charge in [-0.1, -0.05) is 6.07 Å². The summed E-state index contributed by atoms with van der Waals surface area (Å²) in [7, 11) is -3.67. The van der Waals surface area contributed by atoms with Crippen LogP contribution in [-0.4, -0.2) is 13.3 Å². The first kappa shape index (κ1) is 12.1. The smallest absolute Gasteiger partial charge is 0.258 e. The van der Waals surface area contributed by atoms with E-state index in [-0.39, 0.29) is 11.3 Å². The van der Waals surface area contributed by atoms with Gasteiger partial charge in [0.15, 0.2) is 0 Å². The van der Waals surface area contributed by atoms with E-state index in [1.54, 1.807) is 0 Å². The summed E-state index contributed by atoms with van der Waals surface area (Å²) in [6.45, 7) is 0. The molecule has 0 saturated heterocycles. The molecule has 0 aliphatic rings. The number of hydrogen-bond donors (Lipinski definition) is 1. The number of nitrogens with zero attached hydrogens (tertiary/aromatic N) is 1. The first-order valence-electron chi connectivity index (χ1n) is 3.73. The van der Waals surface area contributed by atoms with Crippen LogP contribution < -0.4 is 5.14 Å². The molecule has 2 N–H and O–H groups in total. The molecule has 15 heavy (non-hydrogen) atoms. The fraction of sp³-hybridized carbons (Fsp3) is 0.143. The Kier molecular flexibility index (Phi) is 3.42. The second-order valence-corrected chi connectivity index (χ2v) is 5.32. The highest BCUT2D eigenvalue weighted by Gasteiger charge is 2.14. The van der Waals surface area contributed by atoms with E-state index in [2.05, 4.69) is 15.9 Å². The molecule has 1 rings (SSSR count). The average Bonchev–Trinajstić information content (AvgIpc) is 2.05. The molecule has 0 unspecified atom stereocenters. The predicted molar refractivity (Wildman–Crippen MR) is 57.6 cm³/mol. The summed E-state index contributed by atoms with van der Waals surface area (Å²) in [4.78, 5) is 9.93. The number of halogens is 1. The second kappa shape index (κ2) is 4.25. The third-order valence-corrected chi connectivity index (χ3v) is 2.98.